The lowest BCUT2D eigenvalue weighted by molar-refractivity contribution is -0.129. The van der Waals surface area contributed by atoms with Crippen LogP contribution in [-0.4, -0.2) is 24.7 Å². The van der Waals surface area contributed by atoms with Crippen LogP contribution in [0.15, 0.2) is 88.4 Å². The molecule has 1 N–H and O–H groups in total. The molecular weight excluding hydrogens is 496 g/mol. The number of amides is 1. The molecule has 0 bridgehead atoms. The third kappa shape index (κ3) is 8.01. The van der Waals surface area contributed by atoms with Crippen LogP contribution >= 0.6 is 15.9 Å². The van der Waals surface area contributed by atoms with Gasteiger partial charge in [-0.15, -0.1) is 0 Å². The molecule has 1 amide bonds. The maximum Gasteiger partial charge on any atom is 0.336 e. The third-order valence-electron chi connectivity index (χ3n) is 4.70. The second-order valence-electron chi connectivity index (χ2n) is 7.65. The fourth-order valence-electron chi connectivity index (χ4n) is 2.89. The predicted octanol–water partition coefficient (Wildman–Crippen LogP) is 5.72. The molecule has 0 aliphatic rings. The van der Waals surface area contributed by atoms with Gasteiger partial charge in [0.25, 0.3) is 5.91 Å². The van der Waals surface area contributed by atoms with Gasteiger partial charge in [0.15, 0.2) is 6.61 Å². The number of hydrogen-bond acceptors (Lipinski definition) is 5. The van der Waals surface area contributed by atoms with Gasteiger partial charge in [-0.25, -0.2) is 10.2 Å². The molecule has 7 heteroatoms. The minimum Gasteiger partial charge on any atom is -0.484 e. The van der Waals surface area contributed by atoms with Crippen LogP contribution in [0.1, 0.15) is 36.5 Å². The summed E-state index contributed by atoms with van der Waals surface area (Å²) < 4.78 is 11.7. The number of carbonyl (C=O) groups is 2. The minimum atomic E-state index is -0.526. The summed E-state index contributed by atoms with van der Waals surface area (Å²) in [6.07, 6.45) is 4.43. The van der Waals surface area contributed by atoms with E-state index in [0.29, 0.717) is 23.0 Å². The normalized spacial score (nSPS) is 11.2. The largest absolute Gasteiger partial charge is 0.484 e. The summed E-state index contributed by atoms with van der Waals surface area (Å²) >= 11 is 3.39. The van der Waals surface area contributed by atoms with Crippen molar-refractivity contribution in [3.63, 3.8) is 0 Å². The zero-order valence-electron chi connectivity index (χ0n) is 18.9. The maximum absolute atomic E-state index is 12.2. The van der Waals surface area contributed by atoms with Crippen LogP contribution in [-0.2, 0) is 9.59 Å². The number of nitrogens with one attached hydrogen (secondary N) is 1. The zero-order valence-corrected chi connectivity index (χ0v) is 20.5. The summed E-state index contributed by atoms with van der Waals surface area (Å²) in [6, 6.07) is 22.2. The highest BCUT2D eigenvalue weighted by Crippen LogP contribution is 2.22. The Hall–Kier alpha value is -3.71. The molecule has 3 aromatic rings. The molecule has 0 spiro atoms. The highest BCUT2D eigenvalue weighted by atomic mass is 79.9. The van der Waals surface area contributed by atoms with Crippen molar-refractivity contribution in [2.24, 2.45) is 5.10 Å². The lowest BCUT2D eigenvalue weighted by Gasteiger charge is -2.08. The van der Waals surface area contributed by atoms with E-state index >= 15 is 0 Å². The molecule has 0 atom stereocenters. The molecular formula is C27H25BrN2O4. The van der Waals surface area contributed by atoms with Crippen molar-refractivity contribution in [2.75, 3.05) is 6.61 Å². The summed E-state index contributed by atoms with van der Waals surface area (Å²) in [5.41, 5.74) is 5.01. The quantitative estimate of drug-likeness (QED) is 0.129. The topological polar surface area (TPSA) is 77.0 Å². The number of nitrogens with zero attached hydrogens (tertiary/aromatic N) is 1. The van der Waals surface area contributed by atoms with Crippen molar-refractivity contribution in [3.8, 4) is 11.5 Å². The average Bonchev–Trinajstić information content (AvgIpc) is 2.84. The van der Waals surface area contributed by atoms with Gasteiger partial charge in [0.05, 0.1) is 6.21 Å². The second-order valence-corrected chi connectivity index (χ2v) is 8.57. The molecule has 0 fully saturated rings. The molecule has 0 saturated carbocycles. The Bertz CT molecular complexity index is 1170. The van der Waals surface area contributed by atoms with Crippen molar-refractivity contribution in [3.05, 3.63) is 100 Å². The van der Waals surface area contributed by atoms with E-state index in [2.05, 4.69) is 40.3 Å². The molecule has 0 unspecified atom stereocenters. The molecule has 0 radical (unpaired) electrons. The van der Waals surface area contributed by atoms with Crippen LogP contribution in [0.25, 0.3) is 6.08 Å². The number of rotatable bonds is 9. The molecule has 0 aliphatic heterocycles. The lowest BCUT2D eigenvalue weighted by atomic mass is 10.0. The number of benzene rings is 3. The van der Waals surface area contributed by atoms with Crippen molar-refractivity contribution in [1.82, 2.24) is 5.43 Å². The van der Waals surface area contributed by atoms with Gasteiger partial charge >= 0.3 is 5.97 Å². The van der Waals surface area contributed by atoms with Crippen molar-refractivity contribution in [2.45, 2.75) is 19.8 Å². The van der Waals surface area contributed by atoms with Gasteiger partial charge in [0, 0.05) is 16.1 Å². The Morgan fingerprint density at radius 3 is 2.47 bits per heavy atom. The number of hydrogen-bond donors (Lipinski definition) is 1. The minimum absolute atomic E-state index is 0.178. The average molecular weight is 521 g/mol. The van der Waals surface area contributed by atoms with Gasteiger partial charge in [-0.3, -0.25) is 4.79 Å². The fourth-order valence-corrected chi connectivity index (χ4v) is 3.27. The monoisotopic (exact) mass is 520 g/mol. The number of carbonyl (C=O) groups excluding carboxylic acids is 2. The van der Waals surface area contributed by atoms with Crippen LogP contribution in [0.2, 0.25) is 0 Å². The predicted molar refractivity (Wildman–Crippen MR) is 137 cm³/mol. The zero-order chi connectivity index (χ0) is 24.3. The van der Waals surface area contributed by atoms with Gasteiger partial charge in [0.2, 0.25) is 0 Å². The highest BCUT2D eigenvalue weighted by Gasteiger charge is 2.08. The third-order valence-corrected chi connectivity index (χ3v) is 5.20. The Morgan fingerprint density at radius 1 is 1.03 bits per heavy atom. The summed E-state index contributed by atoms with van der Waals surface area (Å²) in [5.74, 6) is 0.401. The first-order valence-electron chi connectivity index (χ1n) is 10.7. The van der Waals surface area contributed by atoms with E-state index < -0.39 is 11.9 Å². The van der Waals surface area contributed by atoms with E-state index in [4.69, 9.17) is 9.47 Å². The van der Waals surface area contributed by atoms with Crippen molar-refractivity contribution >= 4 is 40.1 Å². The summed E-state index contributed by atoms with van der Waals surface area (Å²) in [7, 11) is 0. The molecule has 6 nitrogen and oxygen atoms in total. The van der Waals surface area contributed by atoms with Crippen LogP contribution in [0.4, 0.5) is 0 Å². The van der Waals surface area contributed by atoms with Crippen molar-refractivity contribution < 1.29 is 19.1 Å². The van der Waals surface area contributed by atoms with Crippen molar-refractivity contribution in [1.29, 1.82) is 0 Å². The number of hydrazone groups is 1. The first-order valence-corrected chi connectivity index (χ1v) is 11.5. The molecule has 3 rings (SSSR count). The number of halogens is 1. The van der Waals surface area contributed by atoms with Gasteiger partial charge in [0.1, 0.15) is 11.5 Å². The van der Waals surface area contributed by atoms with Crippen LogP contribution in [0.3, 0.4) is 0 Å². The SMILES string of the molecule is CC(C)c1ccc(OCC(=O)N/N=C\c2cc(Br)ccc2OC(=O)/C=C/c2ccccc2)cc1. The van der Waals surface area contributed by atoms with E-state index in [-0.39, 0.29) is 6.61 Å². The summed E-state index contributed by atoms with van der Waals surface area (Å²) in [6.45, 7) is 4.05. The Kier molecular flexibility index (Phi) is 9.17. The Labute approximate surface area is 207 Å². The maximum atomic E-state index is 12.2. The number of ether oxygens (including phenoxy) is 2. The Morgan fingerprint density at radius 2 is 1.76 bits per heavy atom. The smallest absolute Gasteiger partial charge is 0.336 e. The van der Waals surface area contributed by atoms with E-state index in [1.165, 1.54) is 17.9 Å². The van der Waals surface area contributed by atoms with E-state index in [1.807, 2.05) is 54.6 Å². The highest BCUT2D eigenvalue weighted by molar-refractivity contribution is 9.10. The van der Waals surface area contributed by atoms with Gasteiger partial charge < -0.3 is 9.47 Å². The number of esters is 1. The van der Waals surface area contributed by atoms with Crippen LogP contribution < -0.4 is 14.9 Å². The molecule has 0 heterocycles. The Balaban J connectivity index is 1.55. The first-order chi connectivity index (χ1) is 16.4. The molecule has 0 aliphatic carbocycles. The summed E-state index contributed by atoms with van der Waals surface area (Å²) in [5, 5.41) is 3.96. The summed E-state index contributed by atoms with van der Waals surface area (Å²) in [4.78, 5) is 24.3. The first kappa shape index (κ1) is 24.9. The molecule has 0 aromatic heterocycles. The second kappa shape index (κ2) is 12.5. The molecule has 3 aromatic carbocycles. The van der Waals surface area contributed by atoms with Crippen LogP contribution in [0.5, 0.6) is 11.5 Å². The standard InChI is InChI=1S/C27H25BrN2O4/c1-19(2)21-9-12-24(13-10-21)33-18-26(31)30-29-17-22-16-23(28)11-14-25(22)34-27(32)15-8-20-6-4-3-5-7-20/h3-17,19H,18H2,1-2H3,(H,30,31)/b15-8+,29-17-. The fraction of sp³-hybridized carbons (Fsp3) is 0.148. The van der Waals surface area contributed by atoms with Crippen LogP contribution in [0, 0.1) is 0 Å². The molecule has 174 valence electrons. The van der Waals surface area contributed by atoms with E-state index in [9.17, 15) is 9.59 Å². The van der Waals surface area contributed by atoms with Gasteiger partial charge in [-0.1, -0.05) is 72.2 Å². The lowest BCUT2D eigenvalue weighted by Crippen LogP contribution is -2.24. The van der Waals surface area contributed by atoms with Gasteiger partial charge in [-0.2, -0.15) is 5.10 Å². The molecule has 0 saturated heterocycles. The molecule has 34 heavy (non-hydrogen) atoms. The van der Waals surface area contributed by atoms with E-state index in [1.54, 1.807) is 24.3 Å². The van der Waals surface area contributed by atoms with E-state index in [0.717, 1.165) is 10.0 Å². The van der Waals surface area contributed by atoms with Gasteiger partial charge in [-0.05, 0) is 53.5 Å².